The number of hydrogen-bond donors (Lipinski definition) is 1. The van der Waals surface area contributed by atoms with Crippen LogP contribution in [0, 0.1) is 0 Å². The van der Waals surface area contributed by atoms with E-state index in [0.29, 0.717) is 35.7 Å². The molecule has 1 N–H and O–H groups in total. The fourth-order valence-corrected chi connectivity index (χ4v) is 4.12. The van der Waals surface area contributed by atoms with Crippen LogP contribution >= 0.6 is 11.6 Å². The normalized spacial score (nSPS) is 16.2. The van der Waals surface area contributed by atoms with E-state index in [9.17, 15) is 0 Å². The van der Waals surface area contributed by atoms with Gasteiger partial charge in [-0.3, -0.25) is 5.10 Å². The summed E-state index contributed by atoms with van der Waals surface area (Å²) in [6.45, 7) is 7.43. The SMILES string of the molecule is CCCOc1c(Cl)cc(-c2n[nH]c3c2N2CCC3CC2)cc1OCC. The second-order valence-electron chi connectivity index (χ2n) is 6.66. The maximum atomic E-state index is 6.53. The predicted octanol–water partition coefficient (Wildman–Crippen LogP) is 4.62. The Balaban J connectivity index is 1.77. The van der Waals surface area contributed by atoms with E-state index in [0.717, 1.165) is 30.8 Å². The number of halogens is 1. The number of nitrogens with zero attached hydrogens (tertiary/aromatic N) is 2. The van der Waals surface area contributed by atoms with Crippen molar-refractivity contribution in [3.8, 4) is 22.8 Å². The zero-order valence-corrected chi connectivity index (χ0v) is 15.5. The Hall–Kier alpha value is -1.88. The van der Waals surface area contributed by atoms with E-state index in [2.05, 4.69) is 22.0 Å². The third-order valence-corrected chi connectivity index (χ3v) is 5.30. The summed E-state index contributed by atoms with van der Waals surface area (Å²) < 4.78 is 11.6. The molecule has 2 bridgehead atoms. The van der Waals surface area contributed by atoms with Crippen LogP contribution in [0.25, 0.3) is 11.3 Å². The Morgan fingerprint density at radius 1 is 1.24 bits per heavy atom. The highest BCUT2D eigenvalue weighted by Crippen LogP contribution is 2.47. The van der Waals surface area contributed by atoms with Crippen molar-refractivity contribution in [1.29, 1.82) is 0 Å². The van der Waals surface area contributed by atoms with Crippen molar-refractivity contribution in [2.75, 3.05) is 31.2 Å². The van der Waals surface area contributed by atoms with E-state index in [1.54, 1.807) is 0 Å². The maximum absolute atomic E-state index is 6.53. The number of hydrogen-bond acceptors (Lipinski definition) is 4. The summed E-state index contributed by atoms with van der Waals surface area (Å²) in [6, 6.07) is 3.94. The van der Waals surface area contributed by atoms with Gasteiger partial charge < -0.3 is 14.4 Å². The molecule has 3 aliphatic rings. The highest BCUT2D eigenvalue weighted by Gasteiger charge is 2.35. The molecule has 0 radical (unpaired) electrons. The van der Waals surface area contributed by atoms with Gasteiger partial charge in [0.25, 0.3) is 0 Å². The van der Waals surface area contributed by atoms with Crippen LogP contribution in [0.4, 0.5) is 5.69 Å². The Kier molecular flexibility index (Phi) is 4.50. The van der Waals surface area contributed by atoms with Gasteiger partial charge in [-0.05, 0) is 38.3 Å². The first kappa shape index (κ1) is 16.6. The average molecular weight is 362 g/mol. The molecule has 25 heavy (non-hydrogen) atoms. The minimum absolute atomic E-state index is 0.565. The molecule has 1 saturated heterocycles. The van der Waals surface area contributed by atoms with Gasteiger partial charge in [0.1, 0.15) is 5.69 Å². The second kappa shape index (κ2) is 6.79. The first-order valence-electron chi connectivity index (χ1n) is 9.15. The molecule has 2 aromatic rings. The molecule has 1 aromatic heterocycles. The standard InChI is InChI=1S/C19H24ClN3O2/c1-3-9-25-19-14(20)10-13(11-15(19)24-4-2)17-18-16(21-22-17)12-5-7-23(18)8-6-12/h10-12H,3-9H2,1-2H3,(H,21,22). The third-order valence-electron chi connectivity index (χ3n) is 5.02. The van der Waals surface area contributed by atoms with E-state index < -0.39 is 0 Å². The quantitative estimate of drug-likeness (QED) is 0.815. The summed E-state index contributed by atoms with van der Waals surface area (Å²) in [5.41, 5.74) is 4.45. The van der Waals surface area contributed by atoms with Crippen molar-refractivity contribution < 1.29 is 9.47 Å². The molecular formula is C19H24ClN3O2. The van der Waals surface area contributed by atoms with E-state index >= 15 is 0 Å². The zero-order valence-electron chi connectivity index (χ0n) is 14.8. The van der Waals surface area contributed by atoms with Gasteiger partial charge in [0.15, 0.2) is 11.5 Å². The summed E-state index contributed by atoms with van der Waals surface area (Å²) in [7, 11) is 0. The van der Waals surface area contributed by atoms with Gasteiger partial charge in [0.05, 0.1) is 29.6 Å². The van der Waals surface area contributed by atoms with Crippen LogP contribution in [0.1, 0.15) is 44.7 Å². The largest absolute Gasteiger partial charge is 0.490 e. The van der Waals surface area contributed by atoms with Crippen LogP contribution in [-0.2, 0) is 0 Å². The van der Waals surface area contributed by atoms with Gasteiger partial charge >= 0.3 is 0 Å². The lowest BCUT2D eigenvalue weighted by Crippen LogP contribution is -2.38. The molecule has 134 valence electrons. The number of aromatic amines is 1. The summed E-state index contributed by atoms with van der Waals surface area (Å²) in [5.74, 6) is 1.92. The Labute approximate surface area is 153 Å². The Bertz CT molecular complexity index is 766. The minimum atomic E-state index is 0.565. The van der Waals surface area contributed by atoms with Crippen LogP contribution < -0.4 is 14.4 Å². The monoisotopic (exact) mass is 361 g/mol. The summed E-state index contributed by atoms with van der Waals surface area (Å²) >= 11 is 6.53. The Morgan fingerprint density at radius 2 is 2.04 bits per heavy atom. The summed E-state index contributed by atoms with van der Waals surface area (Å²) in [6.07, 6.45) is 3.35. The van der Waals surface area contributed by atoms with Crippen molar-refractivity contribution in [2.45, 2.75) is 39.0 Å². The van der Waals surface area contributed by atoms with Gasteiger partial charge in [-0.25, -0.2) is 0 Å². The van der Waals surface area contributed by atoms with Crippen molar-refractivity contribution in [3.63, 3.8) is 0 Å². The molecule has 0 saturated carbocycles. The fourth-order valence-electron chi connectivity index (χ4n) is 3.86. The Morgan fingerprint density at radius 3 is 2.76 bits per heavy atom. The van der Waals surface area contributed by atoms with Gasteiger partial charge in [0.2, 0.25) is 0 Å². The van der Waals surface area contributed by atoms with E-state index in [1.807, 2.05) is 19.1 Å². The van der Waals surface area contributed by atoms with E-state index in [-0.39, 0.29) is 0 Å². The van der Waals surface area contributed by atoms with Crippen molar-refractivity contribution in [1.82, 2.24) is 10.2 Å². The number of benzene rings is 1. The molecule has 4 heterocycles. The molecule has 0 amide bonds. The van der Waals surface area contributed by atoms with Crippen LogP contribution in [0.15, 0.2) is 12.1 Å². The van der Waals surface area contributed by atoms with Gasteiger partial charge in [-0.1, -0.05) is 18.5 Å². The third kappa shape index (κ3) is 2.84. The smallest absolute Gasteiger partial charge is 0.179 e. The number of H-pyrrole nitrogens is 1. The van der Waals surface area contributed by atoms with Crippen LogP contribution in [0.2, 0.25) is 5.02 Å². The molecule has 1 aromatic carbocycles. The van der Waals surface area contributed by atoms with Crippen molar-refractivity contribution in [2.24, 2.45) is 0 Å². The average Bonchev–Trinajstić information content (AvgIpc) is 3.09. The molecule has 0 unspecified atom stereocenters. The number of aromatic nitrogens is 2. The molecule has 5 rings (SSSR count). The van der Waals surface area contributed by atoms with E-state index in [1.165, 1.54) is 24.2 Å². The number of ether oxygens (including phenoxy) is 2. The summed E-state index contributed by atoms with van der Waals surface area (Å²) in [4.78, 5) is 2.43. The van der Waals surface area contributed by atoms with Gasteiger partial charge in [0, 0.05) is 24.6 Å². The molecule has 0 atom stereocenters. The number of fused-ring (bicyclic) bond motifs is 2. The van der Waals surface area contributed by atoms with Gasteiger partial charge in [-0.15, -0.1) is 0 Å². The molecule has 3 aliphatic heterocycles. The fraction of sp³-hybridized carbons (Fsp3) is 0.526. The lowest BCUT2D eigenvalue weighted by molar-refractivity contribution is 0.277. The number of rotatable bonds is 6. The first-order valence-corrected chi connectivity index (χ1v) is 9.53. The zero-order chi connectivity index (χ0) is 17.4. The number of piperidine rings is 1. The van der Waals surface area contributed by atoms with Crippen LogP contribution in [-0.4, -0.2) is 36.5 Å². The molecule has 1 fully saturated rings. The molecule has 0 spiro atoms. The van der Waals surface area contributed by atoms with E-state index in [4.69, 9.17) is 21.1 Å². The first-order chi connectivity index (χ1) is 12.2. The highest BCUT2D eigenvalue weighted by molar-refractivity contribution is 6.32. The maximum Gasteiger partial charge on any atom is 0.179 e. The molecule has 5 nitrogen and oxygen atoms in total. The van der Waals surface area contributed by atoms with Crippen LogP contribution in [0.5, 0.6) is 11.5 Å². The lowest BCUT2D eigenvalue weighted by Gasteiger charge is -2.40. The minimum Gasteiger partial charge on any atom is -0.490 e. The lowest BCUT2D eigenvalue weighted by atomic mass is 9.86. The van der Waals surface area contributed by atoms with Crippen molar-refractivity contribution in [3.05, 3.63) is 22.8 Å². The van der Waals surface area contributed by atoms with Crippen LogP contribution in [0.3, 0.4) is 0 Å². The molecule has 0 aliphatic carbocycles. The summed E-state index contributed by atoms with van der Waals surface area (Å²) in [5, 5.41) is 8.46. The van der Waals surface area contributed by atoms with Crippen molar-refractivity contribution >= 4 is 17.3 Å². The number of anilines is 1. The number of nitrogens with one attached hydrogen (secondary N) is 1. The molecule has 6 heteroatoms. The predicted molar refractivity (Wildman–Crippen MR) is 100 cm³/mol. The highest BCUT2D eigenvalue weighted by atomic mass is 35.5. The topological polar surface area (TPSA) is 50.4 Å². The molecular weight excluding hydrogens is 338 g/mol. The van der Waals surface area contributed by atoms with Gasteiger partial charge in [-0.2, -0.15) is 5.10 Å². The second-order valence-corrected chi connectivity index (χ2v) is 7.07.